The number of nitrogens with one attached hydrogen (secondary N) is 1. The molecular formula is C14H18N4O2. The summed E-state index contributed by atoms with van der Waals surface area (Å²) in [6.45, 7) is 4.15. The van der Waals surface area contributed by atoms with Crippen molar-refractivity contribution in [2.75, 3.05) is 5.73 Å². The summed E-state index contributed by atoms with van der Waals surface area (Å²) in [6.07, 6.45) is 2.05. The van der Waals surface area contributed by atoms with E-state index < -0.39 is 0 Å². The van der Waals surface area contributed by atoms with Crippen molar-refractivity contribution in [3.63, 3.8) is 0 Å². The molecule has 2 aromatic rings. The van der Waals surface area contributed by atoms with E-state index in [0.717, 1.165) is 30.1 Å². The zero-order valence-electron chi connectivity index (χ0n) is 11.6. The molecule has 2 aromatic heterocycles. The van der Waals surface area contributed by atoms with Crippen LogP contribution in [-0.4, -0.2) is 27.0 Å². The molecule has 0 radical (unpaired) electrons. The van der Waals surface area contributed by atoms with E-state index in [1.54, 1.807) is 11.8 Å². The molecule has 1 aliphatic rings. The number of hydrogen-bond donors (Lipinski definition) is 2. The van der Waals surface area contributed by atoms with Gasteiger partial charge in [-0.3, -0.25) is 9.89 Å². The fourth-order valence-electron chi connectivity index (χ4n) is 2.23. The van der Waals surface area contributed by atoms with Crippen molar-refractivity contribution in [2.45, 2.75) is 39.3 Å². The number of rotatable bonds is 4. The van der Waals surface area contributed by atoms with Crippen LogP contribution in [0.4, 0.5) is 5.69 Å². The molecule has 20 heavy (non-hydrogen) atoms. The van der Waals surface area contributed by atoms with Gasteiger partial charge < -0.3 is 15.1 Å². The van der Waals surface area contributed by atoms with Gasteiger partial charge in [0.15, 0.2) is 5.69 Å². The van der Waals surface area contributed by atoms with Crippen molar-refractivity contribution >= 4 is 11.6 Å². The third kappa shape index (κ3) is 2.29. The van der Waals surface area contributed by atoms with Crippen LogP contribution in [0.3, 0.4) is 0 Å². The van der Waals surface area contributed by atoms with Crippen molar-refractivity contribution in [3.05, 3.63) is 35.0 Å². The van der Waals surface area contributed by atoms with Crippen LogP contribution in [0.1, 0.15) is 40.5 Å². The van der Waals surface area contributed by atoms with Crippen molar-refractivity contribution in [1.82, 2.24) is 15.1 Å². The molecule has 1 aliphatic carbocycles. The van der Waals surface area contributed by atoms with E-state index in [2.05, 4.69) is 10.2 Å². The molecule has 0 atom stereocenters. The van der Waals surface area contributed by atoms with Crippen LogP contribution in [-0.2, 0) is 6.54 Å². The number of nitrogens with two attached hydrogens (primary N) is 1. The molecule has 1 saturated carbocycles. The van der Waals surface area contributed by atoms with E-state index in [1.165, 1.54) is 0 Å². The zero-order chi connectivity index (χ0) is 14.3. The number of anilines is 1. The third-order valence-corrected chi connectivity index (χ3v) is 3.57. The Labute approximate surface area is 116 Å². The Balaban J connectivity index is 1.83. The van der Waals surface area contributed by atoms with Crippen molar-refractivity contribution in [1.29, 1.82) is 0 Å². The molecule has 106 valence electrons. The highest BCUT2D eigenvalue weighted by Gasteiger charge is 2.35. The molecule has 6 nitrogen and oxygen atoms in total. The molecule has 3 rings (SSSR count). The number of amides is 1. The highest BCUT2D eigenvalue weighted by atomic mass is 16.3. The standard InChI is InChI=1S/C14H18N4O2/c1-8-3-6-11(20-8)7-18(10-4-5-10)14(19)13-12(15)9(2)16-17-13/h3,6,10H,4-5,7,15H2,1-2H3,(H,16,17). The van der Waals surface area contributed by atoms with Gasteiger partial charge >= 0.3 is 0 Å². The lowest BCUT2D eigenvalue weighted by atomic mass is 10.2. The first-order valence-electron chi connectivity index (χ1n) is 6.73. The molecule has 0 spiro atoms. The van der Waals surface area contributed by atoms with Crippen LogP contribution in [0, 0.1) is 13.8 Å². The quantitative estimate of drug-likeness (QED) is 0.892. The maximum atomic E-state index is 12.6. The second kappa shape index (κ2) is 4.70. The summed E-state index contributed by atoms with van der Waals surface area (Å²) in [6, 6.07) is 4.07. The molecule has 6 heteroatoms. The van der Waals surface area contributed by atoms with Gasteiger partial charge in [0.2, 0.25) is 0 Å². The highest BCUT2D eigenvalue weighted by Crippen LogP contribution is 2.31. The van der Waals surface area contributed by atoms with E-state index in [9.17, 15) is 4.79 Å². The van der Waals surface area contributed by atoms with Crippen LogP contribution >= 0.6 is 0 Å². The number of aromatic nitrogens is 2. The lowest BCUT2D eigenvalue weighted by molar-refractivity contribution is 0.0712. The summed E-state index contributed by atoms with van der Waals surface area (Å²) in [5.74, 6) is 1.50. The van der Waals surface area contributed by atoms with Crippen molar-refractivity contribution in [3.8, 4) is 0 Å². The topological polar surface area (TPSA) is 88.2 Å². The lowest BCUT2D eigenvalue weighted by Gasteiger charge is -2.20. The number of H-pyrrole nitrogens is 1. The molecule has 1 fully saturated rings. The molecule has 1 amide bonds. The number of aryl methyl sites for hydroxylation is 2. The Hall–Kier alpha value is -2.24. The minimum atomic E-state index is -0.136. The zero-order valence-corrected chi connectivity index (χ0v) is 11.6. The summed E-state index contributed by atoms with van der Waals surface area (Å²) >= 11 is 0. The van der Waals surface area contributed by atoms with E-state index in [-0.39, 0.29) is 11.9 Å². The number of aromatic amines is 1. The Morgan fingerprint density at radius 1 is 1.50 bits per heavy atom. The number of carbonyl (C=O) groups excluding carboxylic acids is 1. The fraction of sp³-hybridized carbons (Fsp3) is 0.429. The average molecular weight is 274 g/mol. The van der Waals surface area contributed by atoms with Crippen molar-refractivity contribution < 1.29 is 9.21 Å². The number of carbonyl (C=O) groups is 1. The van der Waals surface area contributed by atoms with Gasteiger partial charge in [-0.05, 0) is 38.8 Å². The van der Waals surface area contributed by atoms with E-state index >= 15 is 0 Å². The fourth-order valence-corrected chi connectivity index (χ4v) is 2.23. The third-order valence-electron chi connectivity index (χ3n) is 3.57. The number of furan rings is 1. The predicted octanol–water partition coefficient (Wildman–Crippen LogP) is 2.01. The minimum absolute atomic E-state index is 0.136. The molecular weight excluding hydrogens is 256 g/mol. The first-order valence-corrected chi connectivity index (χ1v) is 6.73. The van der Waals surface area contributed by atoms with Gasteiger partial charge in [0, 0.05) is 6.04 Å². The smallest absolute Gasteiger partial charge is 0.277 e. The Morgan fingerprint density at radius 3 is 2.75 bits per heavy atom. The summed E-state index contributed by atoms with van der Waals surface area (Å²) in [4.78, 5) is 14.4. The summed E-state index contributed by atoms with van der Waals surface area (Å²) < 4.78 is 5.56. The van der Waals surface area contributed by atoms with Crippen molar-refractivity contribution in [2.24, 2.45) is 0 Å². The second-order valence-corrected chi connectivity index (χ2v) is 5.29. The largest absolute Gasteiger partial charge is 0.464 e. The summed E-state index contributed by atoms with van der Waals surface area (Å²) in [5, 5.41) is 6.78. The predicted molar refractivity (Wildman–Crippen MR) is 74.1 cm³/mol. The Bertz CT molecular complexity index is 639. The lowest BCUT2D eigenvalue weighted by Crippen LogP contribution is -2.33. The van der Waals surface area contributed by atoms with Crippen LogP contribution in [0.15, 0.2) is 16.5 Å². The van der Waals surface area contributed by atoms with Gasteiger partial charge in [-0.1, -0.05) is 0 Å². The Morgan fingerprint density at radius 2 is 2.25 bits per heavy atom. The van der Waals surface area contributed by atoms with Gasteiger partial charge in [-0.15, -0.1) is 0 Å². The van der Waals surface area contributed by atoms with Gasteiger partial charge in [0.05, 0.1) is 17.9 Å². The second-order valence-electron chi connectivity index (χ2n) is 5.29. The number of nitrogen functional groups attached to an aromatic ring is 1. The minimum Gasteiger partial charge on any atom is -0.464 e. The molecule has 0 saturated heterocycles. The van der Waals surface area contributed by atoms with Crippen LogP contribution < -0.4 is 5.73 Å². The van der Waals surface area contributed by atoms with E-state index in [1.807, 2.05) is 19.1 Å². The van der Waals surface area contributed by atoms with Gasteiger partial charge in [-0.25, -0.2) is 0 Å². The maximum absolute atomic E-state index is 12.6. The van der Waals surface area contributed by atoms with Crippen LogP contribution in [0.25, 0.3) is 0 Å². The normalized spacial score (nSPS) is 14.5. The molecule has 0 bridgehead atoms. The number of nitrogens with zero attached hydrogens (tertiary/aromatic N) is 2. The molecule has 3 N–H and O–H groups in total. The average Bonchev–Trinajstić information content (AvgIpc) is 3.10. The number of hydrogen-bond acceptors (Lipinski definition) is 4. The van der Waals surface area contributed by atoms with Crippen LogP contribution in [0.5, 0.6) is 0 Å². The molecule has 0 unspecified atom stereocenters. The van der Waals surface area contributed by atoms with Gasteiger partial charge in [-0.2, -0.15) is 5.10 Å². The SMILES string of the molecule is Cc1ccc(CN(C(=O)c2n[nH]c(C)c2N)C2CC2)o1. The van der Waals surface area contributed by atoms with E-state index in [4.69, 9.17) is 10.2 Å². The maximum Gasteiger partial charge on any atom is 0.277 e. The summed E-state index contributed by atoms with van der Waals surface area (Å²) in [7, 11) is 0. The first kappa shape index (κ1) is 12.8. The Kier molecular flexibility index (Phi) is 3.00. The van der Waals surface area contributed by atoms with Crippen LogP contribution in [0.2, 0.25) is 0 Å². The van der Waals surface area contributed by atoms with E-state index in [0.29, 0.717) is 17.9 Å². The monoisotopic (exact) mass is 274 g/mol. The first-order chi connectivity index (χ1) is 9.56. The van der Waals surface area contributed by atoms with Gasteiger partial charge in [0.1, 0.15) is 11.5 Å². The summed E-state index contributed by atoms with van der Waals surface area (Å²) in [5.41, 5.74) is 7.35. The van der Waals surface area contributed by atoms with Gasteiger partial charge in [0.25, 0.3) is 5.91 Å². The molecule has 0 aliphatic heterocycles. The molecule has 2 heterocycles. The highest BCUT2D eigenvalue weighted by molar-refractivity contribution is 5.97. The molecule has 0 aromatic carbocycles.